The van der Waals surface area contributed by atoms with Crippen molar-refractivity contribution in [3.8, 4) is 33.9 Å². The van der Waals surface area contributed by atoms with Gasteiger partial charge >= 0.3 is 0 Å². The van der Waals surface area contributed by atoms with Crippen molar-refractivity contribution in [2.75, 3.05) is 6.79 Å². The van der Waals surface area contributed by atoms with E-state index in [9.17, 15) is 0 Å². The molecule has 0 amide bonds. The molecular formula is C23H19N3O2. The van der Waals surface area contributed by atoms with Crippen molar-refractivity contribution in [1.29, 1.82) is 0 Å². The second-order valence-corrected chi connectivity index (χ2v) is 6.85. The van der Waals surface area contributed by atoms with Crippen LogP contribution in [0.2, 0.25) is 0 Å². The van der Waals surface area contributed by atoms with Crippen LogP contribution in [0.1, 0.15) is 11.1 Å². The van der Waals surface area contributed by atoms with E-state index in [-0.39, 0.29) is 6.79 Å². The molecule has 138 valence electrons. The minimum Gasteiger partial charge on any atom is -0.454 e. The molecule has 0 radical (unpaired) electrons. The third-order valence-electron chi connectivity index (χ3n) is 4.97. The zero-order valence-electron chi connectivity index (χ0n) is 15.5. The van der Waals surface area contributed by atoms with Crippen molar-refractivity contribution >= 4 is 0 Å². The molecular weight excluding hydrogens is 350 g/mol. The van der Waals surface area contributed by atoms with Gasteiger partial charge in [0.05, 0.1) is 12.2 Å². The number of nitrogens with zero attached hydrogens (tertiary/aromatic N) is 3. The smallest absolute Gasteiger partial charge is 0.231 e. The highest BCUT2D eigenvalue weighted by Crippen LogP contribution is 2.36. The number of aromatic nitrogens is 3. The van der Waals surface area contributed by atoms with Crippen molar-refractivity contribution < 1.29 is 9.47 Å². The Morgan fingerprint density at radius 2 is 1.79 bits per heavy atom. The summed E-state index contributed by atoms with van der Waals surface area (Å²) < 4.78 is 12.9. The maximum atomic E-state index is 5.50. The van der Waals surface area contributed by atoms with Crippen molar-refractivity contribution in [2.24, 2.45) is 0 Å². The van der Waals surface area contributed by atoms with Crippen LogP contribution in [0.25, 0.3) is 22.4 Å². The minimum atomic E-state index is 0.285. The minimum absolute atomic E-state index is 0.285. The number of pyridine rings is 1. The summed E-state index contributed by atoms with van der Waals surface area (Å²) >= 11 is 0. The Bertz CT molecular complexity index is 1150. The molecule has 0 N–H and O–H groups in total. The molecule has 0 fully saturated rings. The van der Waals surface area contributed by atoms with Crippen molar-refractivity contribution in [2.45, 2.75) is 13.5 Å². The average Bonchev–Trinajstić information content (AvgIpc) is 3.39. The summed E-state index contributed by atoms with van der Waals surface area (Å²) in [7, 11) is 0. The predicted octanol–water partition coefficient (Wildman–Crippen LogP) is 4.70. The Balaban J connectivity index is 1.42. The lowest BCUT2D eigenvalue weighted by Crippen LogP contribution is -2.02. The first-order chi connectivity index (χ1) is 13.8. The second kappa shape index (κ2) is 6.85. The first-order valence-corrected chi connectivity index (χ1v) is 9.20. The molecule has 0 unspecified atom stereocenters. The van der Waals surface area contributed by atoms with Gasteiger partial charge in [-0.2, -0.15) is 5.10 Å². The molecule has 0 atom stereocenters. The van der Waals surface area contributed by atoms with E-state index in [2.05, 4.69) is 48.3 Å². The maximum absolute atomic E-state index is 5.50. The summed E-state index contributed by atoms with van der Waals surface area (Å²) in [5.41, 5.74) is 6.64. The molecule has 0 aliphatic carbocycles. The van der Waals surface area contributed by atoms with Crippen LogP contribution in [0, 0.1) is 6.92 Å². The number of aryl methyl sites for hydroxylation is 1. The Morgan fingerprint density at radius 3 is 2.71 bits per heavy atom. The molecule has 28 heavy (non-hydrogen) atoms. The molecule has 0 saturated carbocycles. The fraction of sp³-hybridized carbons (Fsp3) is 0.130. The molecule has 5 rings (SSSR count). The number of ether oxygens (including phenoxy) is 2. The van der Waals surface area contributed by atoms with Gasteiger partial charge in [0, 0.05) is 24.2 Å². The first kappa shape index (κ1) is 16.6. The molecule has 5 heteroatoms. The number of hydrogen-bond donors (Lipinski definition) is 0. The summed E-state index contributed by atoms with van der Waals surface area (Å²) in [6.45, 7) is 3.09. The van der Waals surface area contributed by atoms with E-state index in [0.29, 0.717) is 0 Å². The molecule has 0 saturated heterocycles. The van der Waals surface area contributed by atoms with Crippen LogP contribution in [-0.4, -0.2) is 21.6 Å². The van der Waals surface area contributed by atoms with Gasteiger partial charge in [-0.15, -0.1) is 0 Å². The zero-order valence-corrected chi connectivity index (χ0v) is 15.5. The monoisotopic (exact) mass is 369 g/mol. The Hall–Kier alpha value is -3.60. The number of fused-ring (bicyclic) bond motifs is 1. The Morgan fingerprint density at radius 1 is 0.929 bits per heavy atom. The quantitative estimate of drug-likeness (QED) is 0.523. The summed E-state index contributed by atoms with van der Waals surface area (Å²) in [4.78, 5) is 4.15. The van der Waals surface area contributed by atoms with Crippen molar-refractivity contribution in [3.63, 3.8) is 0 Å². The van der Waals surface area contributed by atoms with Gasteiger partial charge in [0.15, 0.2) is 11.5 Å². The van der Waals surface area contributed by atoms with Crippen LogP contribution in [-0.2, 0) is 6.54 Å². The van der Waals surface area contributed by atoms with Crippen LogP contribution >= 0.6 is 0 Å². The number of rotatable bonds is 4. The predicted molar refractivity (Wildman–Crippen MR) is 107 cm³/mol. The van der Waals surface area contributed by atoms with Crippen LogP contribution in [0.4, 0.5) is 0 Å². The summed E-state index contributed by atoms with van der Waals surface area (Å²) in [6.07, 6.45) is 5.72. The molecule has 1 aliphatic rings. The molecule has 4 aromatic rings. The first-order valence-electron chi connectivity index (χ1n) is 9.20. The molecule has 0 spiro atoms. The Labute approximate surface area is 163 Å². The lowest BCUT2D eigenvalue weighted by Gasteiger charge is -2.06. The summed E-state index contributed by atoms with van der Waals surface area (Å²) in [5.74, 6) is 1.59. The van der Waals surface area contributed by atoms with E-state index >= 15 is 0 Å². The van der Waals surface area contributed by atoms with E-state index in [4.69, 9.17) is 14.6 Å². The number of benzene rings is 2. The molecule has 5 nitrogen and oxygen atoms in total. The van der Waals surface area contributed by atoms with E-state index < -0.39 is 0 Å². The van der Waals surface area contributed by atoms with E-state index in [0.717, 1.165) is 40.4 Å². The molecule has 1 aliphatic heterocycles. The molecule has 3 heterocycles. The maximum Gasteiger partial charge on any atom is 0.231 e. The van der Waals surface area contributed by atoms with Crippen molar-refractivity contribution in [3.05, 3.63) is 84.3 Å². The SMILES string of the molecule is Cc1cnccc1Cn1ccc(-c2cccc(-c3ccc4c(c3)OCO4)c2)n1. The lowest BCUT2D eigenvalue weighted by atomic mass is 10.0. The normalized spacial score (nSPS) is 12.3. The van der Waals surface area contributed by atoms with Crippen LogP contribution in [0.3, 0.4) is 0 Å². The van der Waals surface area contributed by atoms with Crippen LogP contribution in [0.15, 0.2) is 73.2 Å². The highest BCUT2D eigenvalue weighted by molar-refractivity contribution is 5.73. The highest BCUT2D eigenvalue weighted by atomic mass is 16.7. The fourth-order valence-corrected chi connectivity index (χ4v) is 3.39. The van der Waals surface area contributed by atoms with Crippen molar-refractivity contribution in [1.82, 2.24) is 14.8 Å². The van der Waals surface area contributed by atoms with Gasteiger partial charge in [-0.1, -0.05) is 24.3 Å². The van der Waals surface area contributed by atoms with Gasteiger partial charge in [-0.25, -0.2) is 0 Å². The largest absolute Gasteiger partial charge is 0.454 e. The van der Waals surface area contributed by atoms with Gasteiger partial charge in [0.1, 0.15) is 0 Å². The summed E-state index contributed by atoms with van der Waals surface area (Å²) in [5, 5.41) is 4.76. The Kier molecular flexibility index (Phi) is 4.05. The van der Waals surface area contributed by atoms with E-state index in [1.54, 1.807) is 0 Å². The van der Waals surface area contributed by atoms with Gasteiger partial charge in [-0.05, 0) is 59.5 Å². The standard InChI is InChI=1S/C23H19N3O2/c1-16-13-24-9-7-20(16)14-26-10-8-21(25-26)19-4-2-3-17(11-19)18-5-6-22-23(12-18)28-15-27-22/h2-13H,14-15H2,1H3. The second-order valence-electron chi connectivity index (χ2n) is 6.85. The van der Waals surface area contributed by atoms with Crippen LogP contribution < -0.4 is 9.47 Å². The van der Waals surface area contributed by atoms with E-state index in [1.807, 2.05) is 41.5 Å². The third-order valence-corrected chi connectivity index (χ3v) is 4.97. The molecule has 2 aromatic carbocycles. The molecule has 0 bridgehead atoms. The highest BCUT2D eigenvalue weighted by Gasteiger charge is 2.14. The average molecular weight is 369 g/mol. The number of hydrogen-bond acceptors (Lipinski definition) is 4. The molecule has 2 aromatic heterocycles. The lowest BCUT2D eigenvalue weighted by molar-refractivity contribution is 0.174. The summed E-state index contributed by atoms with van der Waals surface area (Å²) in [6, 6.07) is 18.5. The fourth-order valence-electron chi connectivity index (χ4n) is 3.39. The van der Waals surface area contributed by atoms with Gasteiger partial charge in [0.2, 0.25) is 6.79 Å². The van der Waals surface area contributed by atoms with Gasteiger partial charge < -0.3 is 9.47 Å². The van der Waals surface area contributed by atoms with E-state index in [1.165, 1.54) is 11.1 Å². The topological polar surface area (TPSA) is 49.2 Å². The zero-order chi connectivity index (χ0) is 18.9. The third kappa shape index (κ3) is 3.11. The van der Waals surface area contributed by atoms with Gasteiger partial charge in [-0.3, -0.25) is 9.67 Å². The van der Waals surface area contributed by atoms with Gasteiger partial charge in [0.25, 0.3) is 0 Å². The van der Waals surface area contributed by atoms with Crippen LogP contribution in [0.5, 0.6) is 11.5 Å².